The highest BCUT2D eigenvalue weighted by Crippen LogP contribution is 2.33. The molecule has 6 nitrogen and oxygen atoms in total. The Labute approximate surface area is 161 Å². The summed E-state index contributed by atoms with van der Waals surface area (Å²) < 4.78 is 5.00. The smallest absolute Gasteiger partial charge is 0.359 e. The summed E-state index contributed by atoms with van der Waals surface area (Å²) in [7, 11) is 0. The van der Waals surface area contributed by atoms with Crippen molar-refractivity contribution in [2.24, 2.45) is 0 Å². The van der Waals surface area contributed by atoms with Gasteiger partial charge in [-0.25, -0.2) is 9.78 Å². The molecule has 0 bridgehead atoms. The molecular formula is C20H17N3O3S. The van der Waals surface area contributed by atoms with Crippen LogP contribution in [0.15, 0.2) is 76.8 Å². The van der Waals surface area contributed by atoms with Gasteiger partial charge in [0, 0.05) is 16.0 Å². The lowest BCUT2D eigenvalue weighted by Gasteiger charge is -2.11. The first-order valence-corrected chi connectivity index (χ1v) is 9.01. The minimum absolute atomic E-state index is 0.0634. The average molecular weight is 379 g/mol. The number of para-hydroxylation sites is 1. The monoisotopic (exact) mass is 379 g/mol. The number of ether oxygens (including phenoxy) is 1. The van der Waals surface area contributed by atoms with Gasteiger partial charge in [-0.05, 0) is 31.2 Å². The molecule has 7 heteroatoms. The number of benzene rings is 2. The summed E-state index contributed by atoms with van der Waals surface area (Å²) in [6.07, 6.45) is 2.79. The zero-order valence-corrected chi connectivity index (χ0v) is 15.4. The van der Waals surface area contributed by atoms with Crippen molar-refractivity contribution in [2.45, 2.75) is 16.7 Å². The second kappa shape index (κ2) is 8.95. The molecule has 3 rings (SSSR count). The molecular weight excluding hydrogens is 362 g/mol. The Morgan fingerprint density at radius 2 is 1.74 bits per heavy atom. The molecule has 1 amide bonds. The van der Waals surface area contributed by atoms with Crippen LogP contribution in [0.3, 0.4) is 0 Å². The van der Waals surface area contributed by atoms with E-state index in [1.165, 1.54) is 24.2 Å². The number of esters is 1. The molecule has 0 fully saturated rings. The lowest BCUT2D eigenvalue weighted by Crippen LogP contribution is -2.21. The van der Waals surface area contributed by atoms with E-state index >= 15 is 0 Å². The van der Waals surface area contributed by atoms with Crippen LogP contribution in [0.1, 0.15) is 16.2 Å². The van der Waals surface area contributed by atoms with Crippen molar-refractivity contribution < 1.29 is 14.3 Å². The number of aryl methyl sites for hydroxylation is 1. The number of hydrogen-bond acceptors (Lipinski definition) is 6. The van der Waals surface area contributed by atoms with E-state index in [2.05, 4.69) is 15.3 Å². The van der Waals surface area contributed by atoms with Gasteiger partial charge in [0.25, 0.3) is 5.91 Å². The van der Waals surface area contributed by atoms with E-state index in [0.717, 1.165) is 9.79 Å². The molecule has 136 valence electrons. The SMILES string of the molecule is Cc1cnc(C(=O)OCC(=O)Nc2ccccc2Sc2ccccc2)cn1. The Hall–Kier alpha value is -3.19. The zero-order valence-electron chi connectivity index (χ0n) is 14.6. The van der Waals surface area contributed by atoms with Gasteiger partial charge in [-0.15, -0.1) is 0 Å². The number of hydrogen-bond donors (Lipinski definition) is 1. The highest BCUT2D eigenvalue weighted by Gasteiger charge is 2.13. The number of nitrogens with one attached hydrogen (secondary N) is 1. The van der Waals surface area contributed by atoms with Crippen LogP contribution in [-0.2, 0) is 9.53 Å². The summed E-state index contributed by atoms with van der Waals surface area (Å²) in [5, 5.41) is 2.77. The van der Waals surface area contributed by atoms with Gasteiger partial charge in [-0.2, -0.15) is 0 Å². The molecule has 0 aliphatic heterocycles. The van der Waals surface area contributed by atoms with Crippen LogP contribution in [0.2, 0.25) is 0 Å². The number of carbonyl (C=O) groups excluding carboxylic acids is 2. The second-order valence-corrected chi connectivity index (χ2v) is 6.69. The summed E-state index contributed by atoms with van der Waals surface area (Å²) in [5.74, 6) is -1.12. The van der Waals surface area contributed by atoms with Crippen LogP contribution < -0.4 is 5.32 Å². The van der Waals surface area contributed by atoms with Crippen LogP contribution in [0.4, 0.5) is 5.69 Å². The Balaban J connectivity index is 1.59. The first kappa shape index (κ1) is 18.6. The molecule has 0 atom stereocenters. The average Bonchev–Trinajstić information content (AvgIpc) is 2.69. The topological polar surface area (TPSA) is 81.2 Å². The third-order valence-corrected chi connectivity index (χ3v) is 4.54. The molecule has 27 heavy (non-hydrogen) atoms. The van der Waals surface area contributed by atoms with Gasteiger partial charge in [0.1, 0.15) is 0 Å². The fraction of sp³-hybridized carbons (Fsp3) is 0.100. The Kier molecular flexibility index (Phi) is 6.17. The van der Waals surface area contributed by atoms with Crippen molar-refractivity contribution in [1.29, 1.82) is 0 Å². The van der Waals surface area contributed by atoms with Crippen LogP contribution in [0.5, 0.6) is 0 Å². The van der Waals surface area contributed by atoms with Crippen molar-refractivity contribution in [3.63, 3.8) is 0 Å². The molecule has 3 aromatic rings. The number of amides is 1. The van der Waals surface area contributed by atoms with E-state index in [1.54, 1.807) is 13.0 Å². The molecule has 0 radical (unpaired) electrons. The number of nitrogens with zero attached hydrogens (tertiary/aromatic N) is 2. The van der Waals surface area contributed by atoms with E-state index in [9.17, 15) is 9.59 Å². The van der Waals surface area contributed by atoms with Gasteiger partial charge in [-0.1, -0.05) is 42.1 Å². The zero-order chi connectivity index (χ0) is 19.1. The maximum absolute atomic E-state index is 12.2. The quantitative estimate of drug-likeness (QED) is 0.657. The molecule has 0 spiro atoms. The van der Waals surface area contributed by atoms with E-state index in [0.29, 0.717) is 11.4 Å². The Bertz CT molecular complexity index is 931. The lowest BCUT2D eigenvalue weighted by atomic mass is 10.3. The number of carbonyl (C=O) groups is 2. The van der Waals surface area contributed by atoms with E-state index in [4.69, 9.17) is 4.74 Å². The van der Waals surface area contributed by atoms with Crippen LogP contribution >= 0.6 is 11.8 Å². The van der Waals surface area contributed by atoms with Crippen LogP contribution in [0, 0.1) is 6.92 Å². The Morgan fingerprint density at radius 3 is 2.48 bits per heavy atom. The predicted molar refractivity (Wildman–Crippen MR) is 103 cm³/mol. The van der Waals surface area contributed by atoms with Crippen molar-refractivity contribution in [3.8, 4) is 0 Å². The van der Waals surface area contributed by atoms with Gasteiger partial charge < -0.3 is 10.1 Å². The molecule has 1 aromatic heterocycles. The van der Waals surface area contributed by atoms with Gasteiger partial charge in [0.15, 0.2) is 12.3 Å². The van der Waals surface area contributed by atoms with Gasteiger partial charge in [0.2, 0.25) is 0 Å². The molecule has 0 unspecified atom stereocenters. The van der Waals surface area contributed by atoms with Crippen LogP contribution in [-0.4, -0.2) is 28.5 Å². The number of rotatable bonds is 6. The standard InChI is InChI=1S/C20H17N3O3S/c1-14-11-22-17(12-21-14)20(25)26-13-19(24)23-16-9-5-6-10-18(16)27-15-7-3-2-4-8-15/h2-12H,13H2,1H3,(H,23,24). The summed E-state index contributed by atoms with van der Waals surface area (Å²) in [6, 6.07) is 17.3. The minimum Gasteiger partial charge on any atom is -0.451 e. The highest BCUT2D eigenvalue weighted by molar-refractivity contribution is 7.99. The van der Waals surface area contributed by atoms with Gasteiger partial charge in [0.05, 0.1) is 17.6 Å². The van der Waals surface area contributed by atoms with Crippen molar-refractivity contribution in [2.75, 3.05) is 11.9 Å². The molecule has 0 aliphatic carbocycles. The number of aromatic nitrogens is 2. The van der Waals surface area contributed by atoms with Crippen molar-refractivity contribution >= 4 is 29.3 Å². The van der Waals surface area contributed by atoms with Crippen molar-refractivity contribution in [1.82, 2.24) is 9.97 Å². The van der Waals surface area contributed by atoms with E-state index in [-0.39, 0.29) is 5.69 Å². The first-order chi connectivity index (χ1) is 13.1. The molecule has 1 N–H and O–H groups in total. The molecule has 0 saturated carbocycles. The summed E-state index contributed by atoms with van der Waals surface area (Å²) >= 11 is 1.54. The molecule has 2 aromatic carbocycles. The van der Waals surface area contributed by atoms with E-state index < -0.39 is 18.5 Å². The third-order valence-electron chi connectivity index (χ3n) is 3.46. The molecule has 0 aliphatic rings. The molecule has 0 saturated heterocycles. The largest absolute Gasteiger partial charge is 0.451 e. The maximum atomic E-state index is 12.2. The normalized spacial score (nSPS) is 10.3. The lowest BCUT2D eigenvalue weighted by molar-refractivity contribution is -0.119. The molecule has 1 heterocycles. The summed E-state index contributed by atoms with van der Waals surface area (Å²) in [6.45, 7) is 1.36. The Morgan fingerprint density at radius 1 is 1.00 bits per heavy atom. The minimum atomic E-state index is -0.690. The third kappa shape index (κ3) is 5.39. The van der Waals surface area contributed by atoms with Gasteiger partial charge in [-0.3, -0.25) is 9.78 Å². The predicted octanol–water partition coefficient (Wildman–Crippen LogP) is 3.73. The second-order valence-electron chi connectivity index (χ2n) is 5.58. The van der Waals surface area contributed by atoms with E-state index in [1.807, 2.05) is 48.5 Å². The van der Waals surface area contributed by atoms with Crippen molar-refractivity contribution in [3.05, 3.63) is 78.4 Å². The highest BCUT2D eigenvalue weighted by atomic mass is 32.2. The van der Waals surface area contributed by atoms with Gasteiger partial charge >= 0.3 is 5.97 Å². The maximum Gasteiger partial charge on any atom is 0.359 e. The fourth-order valence-electron chi connectivity index (χ4n) is 2.16. The number of anilines is 1. The fourth-order valence-corrected chi connectivity index (χ4v) is 3.09. The summed E-state index contributed by atoms with van der Waals surface area (Å²) in [5.41, 5.74) is 1.41. The van der Waals surface area contributed by atoms with Crippen LogP contribution in [0.25, 0.3) is 0 Å². The summed E-state index contributed by atoms with van der Waals surface area (Å²) in [4.78, 5) is 33.9. The first-order valence-electron chi connectivity index (χ1n) is 8.19.